The molecule has 3 fully saturated rings. The highest BCUT2D eigenvalue weighted by atomic mass is 16.5. The van der Waals surface area contributed by atoms with E-state index in [4.69, 9.17) is 23.7 Å². The molecule has 53 heavy (non-hydrogen) atoms. The number of benzene rings is 4. The Labute approximate surface area is 318 Å². The fourth-order valence-corrected chi connectivity index (χ4v) is 8.17. The van der Waals surface area contributed by atoms with Gasteiger partial charge in [0.2, 0.25) is 0 Å². The van der Waals surface area contributed by atoms with Gasteiger partial charge in [0.15, 0.2) is 0 Å². The summed E-state index contributed by atoms with van der Waals surface area (Å²) in [7, 11) is 0. The molecule has 2 aliphatic heterocycles. The van der Waals surface area contributed by atoms with Gasteiger partial charge in [-0.15, -0.1) is 0 Å². The predicted molar refractivity (Wildman–Crippen MR) is 214 cm³/mol. The van der Waals surface area contributed by atoms with Gasteiger partial charge in [-0.25, -0.2) is 0 Å². The van der Waals surface area contributed by atoms with E-state index >= 15 is 0 Å². The standard InChI is InChI=1S/C48H60O5/c1-7-46(27-10-28-46)33-51-42-23-17-39(18-24-42)45(6,40-19-25-43(26-20-40)53-35-48(9-3)31-50-32-48)38-13-11-36(12-14-38)44(4,5)37-15-21-41(22-16-37)52-34-47(8-2)29-49-30-47/h11-26H,7-10,27-35H2,1-6H3. The molecular weight excluding hydrogens is 657 g/mol. The number of ether oxygens (including phenoxy) is 5. The van der Waals surface area contributed by atoms with E-state index in [0.29, 0.717) is 18.6 Å². The third-order valence-corrected chi connectivity index (χ3v) is 13.6. The van der Waals surface area contributed by atoms with Gasteiger partial charge in [0.05, 0.1) is 57.1 Å². The third kappa shape index (κ3) is 7.49. The van der Waals surface area contributed by atoms with Crippen LogP contribution in [0.4, 0.5) is 0 Å². The normalized spacial score (nSPS) is 19.5. The summed E-state index contributed by atoms with van der Waals surface area (Å²) in [5.41, 5.74) is 6.29. The lowest BCUT2D eigenvalue weighted by atomic mass is 9.68. The minimum absolute atomic E-state index is 0.140. The molecule has 282 valence electrons. The van der Waals surface area contributed by atoms with Crippen LogP contribution in [0.2, 0.25) is 0 Å². The topological polar surface area (TPSA) is 46.2 Å². The van der Waals surface area contributed by atoms with Gasteiger partial charge < -0.3 is 23.7 Å². The molecule has 3 aliphatic rings. The molecule has 0 spiro atoms. The van der Waals surface area contributed by atoms with Gasteiger partial charge in [-0.05, 0) is 103 Å². The van der Waals surface area contributed by atoms with E-state index in [-0.39, 0.29) is 16.2 Å². The smallest absolute Gasteiger partial charge is 0.119 e. The van der Waals surface area contributed by atoms with Crippen molar-refractivity contribution in [3.63, 3.8) is 0 Å². The second-order valence-corrected chi connectivity index (χ2v) is 17.2. The van der Waals surface area contributed by atoms with Gasteiger partial charge >= 0.3 is 0 Å². The maximum Gasteiger partial charge on any atom is 0.119 e. The molecule has 1 aliphatic carbocycles. The van der Waals surface area contributed by atoms with Crippen molar-refractivity contribution < 1.29 is 23.7 Å². The number of hydrogen-bond acceptors (Lipinski definition) is 5. The van der Waals surface area contributed by atoms with Crippen LogP contribution in [0, 0.1) is 16.2 Å². The first-order valence-corrected chi connectivity index (χ1v) is 20.0. The summed E-state index contributed by atoms with van der Waals surface area (Å²) >= 11 is 0. The average Bonchev–Trinajstić information content (AvgIpc) is 3.14. The monoisotopic (exact) mass is 716 g/mol. The van der Waals surface area contributed by atoms with Crippen LogP contribution >= 0.6 is 0 Å². The Balaban J connectivity index is 1.12. The van der Waals surface area contributed by atoms with E-state index in [1.807, 2.05) is 0 Å². The van der Waals surface area contributed by atoms with Gasteiger partial charge in [0, 0.05) is 16.2 Å². The van der Waals surface area contributed by atoms with Gasteiger partial charge in [-0.1, -0.05) is 102 Å². The zero-order valence-corrected chi connectivity index (χ0v) is 33.0. The van der Waals surface area contributed by atoms with Gasteiger partial charge in [-0.3, -0.25) is 0 Å². The Morgan fingerprint density at radius 1 is 0.453 bits per heavy atom. The van der Waals surface area contributed by atoms with E-state index in [1.165, 1.54) is 53.5 Å². The van der Waals surface area contributed by atoms with Crippen LogP contribution in [0.5, 0.6) is 17.2 Å². The van der Waals surface area contributed by atoms with Gasteiger partial charge in [-0.2, -0.15) is 0 Å². The Morgan fingerprint density at radius 3 is 1.04 bits per heavy atom. The molecule has 0 bridgehead atoms. The molecule has 4 aromatic carbocycles. The second-order valence-electron chi connectivity index (χ2n) is 17.2. The predicted octanol–water partition coefficient (Wildman–Crippen LogP) is 10.9. The highest BCUT2D eigenvalue weighted by Gasteiger charge is 2.39. The molecule has 0 aromatic heterocycles. The van der Waals surface area contributed by atoms with E-state index in [9.17, 15) is 0 Å². The maximum atomic E-state index is 6.38. The average molecular weight is 717 g/mol. The van der Waals surface area contributed by atoms with Crippen molar-refractivity contribution in [2.75, 3.05) is 46.2 Å². The molecule has 5 heteroatoms. The van der Waals surface area contributed by atoms with Crippen molar-refractivity contribution in [2.45, 2.75) is 90.9 Å². The third-order valence-electron chi connectivity index (χ3n) is 13.6. The maximum absolute atomic E-state index is 6.38. The summed E-state index contributed by atoms with van der Waals surface area (Å²) in [4.78, 5) is 0. The van der Waals surface area contributed by atoms with E-state index in [1.54, 1.807) is 0 Å². The largest absolute Gasteiger partial charge is 0.493 e. The fourth-order valence-electron chi connectivity index (χ4n) is 8.17. The number of hydrogen-bond donors (Lipinski definition) is 0. The first-order chi connectivity index (χ1) is 25.6. The molecule has 5 nitrogen and oxygen atoms in total. The summed E-state index contributed by atoms with van der Waals surface area (Å²) in [6.45, 7) is 19.0. The van der Waals surface area contributed by atoms with E-state index in [0.717, 1.165) is 63.1 Å². The molecular formula is C48H60O5. The molecule has 1 saturated carbocycles. The molecule has 1 unspecified atom stereocenters. The lowest BCUT2D eigenvalue weighted by molar-refractivity contribution is -0.133. The number of rotatable bonds is 17. The van der Waals surface area contributed by atoms with E-state index in [2.05, 4.69) is 139 Å². The highest BCUT2D eigenvalue weighted by Crippen LogP contribution is 2.45. The second kappa shape index (κ2) is 15.1. The lowest BCUT2D eigenvalue weighted by Gasteiger charge is -2.40. The van der Waals surface area contributed by atoms with Crippen LogP contribution in [-0.2, 0) is 20.3 Å². The summed E-state index contributed by atoms with van der Waals surface area (Å²) < 4.78 is 29.9. The highest BCUT2D eigenvalue weighted by molar-refractivity contribution is 5.53. The van der Waals surface area contributed by atoms with Crippen molar-refractivity contribution in [2.24, 2.45) is 16.2 Å². The Kier molecular flexibility index (Phi) is 10.7. The van der Waals surface area contributed by atoms with Crippen molar-refractivity contribution in [1.29, 1.82) is 0 Å². The van der Waals surface area contributed by atoms with Crippen LogP contribution in [0.1, 0.15) is 108 Å². The van der Waals surface area contributed by atoms with Crippen molar-refractivity contribution >= 4 is 0 Å². The van der Waals surface area contributed by atoms with Gasteiger partial charge in [0.1, 0.15) is 17.2 Å². The summed E-state index contributed by atoms with van der Waals surface area (Å²) in [6, 6.07) is 35.4. The summed E-state index contributed by atoms with van der Waals surface area (Å²) in [5.74, 6) is 2.76. The first-order valence-electron chi connectivity index (χ1n) is 20.0. The zero-order valence-electron chi connectivity index (χ0n) is 33.0. The van der Waals surface area contributed by atoms with Crippen LogP contribution in [-0.4, -0.2) is 46.2 Å². The Bertz CT molecular complexity index is 1690. The zero-order chi connectivity index (χ0) is 37.2. The first kappa shape index (κ1) is 37.5. The minimum Gasteiger partial charge on any atom is -0.493 e. The quantitative estimate of drug-likeness (QED) is 0.102. The fraction of sp³-hybridized carbons (Fsp3) is 0.500. The van der Waals surface area contributed by atoms with Crippen LogP contribution in [0.3, 0.4) is 0 Å². The van der Waals surface area contributed by atoms with Crippen LogP contribution in [0.15, 0.2) is 97.1 Å². The summed E-state index contributed by atoms with van der Waals surface area (Å²) in [5, 5.41) is 0. The molecule has 2 heterocycles. The molecule has 0 N–H and O–H groups in total. The molecule has 0 radical (unpaired) electrons. The lowest BCUT2D eigenvalue weighted by Crippen LogP contribution is -2.46. The summed E-state index contributed by atoms with van der Waals surface area (Å²) in [6.07, 6.45) is 7.18. The van der Waals surface area contributed by atoms with E-state index < -0.39 is 5.41 Å². The molecule has 4 aromatic rings. The molecule has 7 rings (SSSR count). The minimum atomic E-state index is -0.398. The SMILES string of the molecule is CCC1(COc2ccc(C(C)(c3ccc(OCC4(CC)COC4)cc3)c3ccc(C(C)(C)c4ccc(OCC5(CC)COC5)cc4)cc3)cc2)CCC1. The molecule has 1 atom stereocenters. The van der Waals surface area contributed by atoms with Crippen LogP contribution < -0.4 is 14.2 Å². The van der Waals surface area contributed by atoms with Crippen molar-refractivity contribution in [1.82, 2.24) is 0 Å². The van der Waals surface area contributed by atoms with Crippen molar-refractivity contribution in [3.05, 3.63) is 125 Å². The molecule has 2 saturated heterocycles. The van der Waals surface area contributed by atoms with Gasteiger partial charge in [0.25, 0.3) is 0 Å². The Hall–Kier alpha value is -3.80. The van der Waals surface area contributed by atoms with Crippen molar-refractivity contribution in [3.8, 4) is 17.2 Å². The van der Waals surface area contributed by atoms with Crippen LogP contribution in [0.25, 0.3) is 0 Å². The Morgan fingerprint density at radius 2 is 0.755 bits per heavy atom. The molecule has 0 amide bonds.